The fourth-order valence-electron chi connectivity index (χ4n) is 2.00. The molecule has 1 nitrogen and oxygen atoms in total. The average molecular weight is 226 g/mol. The summed E-state index contributed by atoms with van der Waals surface area (Å²) in [4.78, 5) is 0. The molecule has 2 aromatic rings. The lowest BCUT2D eigenvalue weighted by Gasteiger charge is -2.16. The molecule has 0 heterocycles. The molecular weight excluding hydrogens is 208 g/mol. The van der Waals surface area contributed by atoms with Crippen molar-refractivity contribution in [2.45, 2.75) is 26.9 Å². The first-order valence-electron chi connectivity index (χ1n) is 5.95. The van der Waals surface area contributed by atoms with Gasteiger partial charge in [-0.2, -0.15) is 0 Å². The van der Waals surface area contributed by atoms with E-state index in [1.165, 1.54) is 16.7 Å². The van der Waals surface area contributed by atoms with Crippen molar-refractivity contribution in [1.82, 2.24) is 0 Å². The lowest BCUT2D eigenvalue weighted by Crippen LogP contribution is -2.03. The molecule has 2 rings (SSSR count). The van der Waals surface area contributed by atoms with Gasteiger partial charge in [-0.25, -0.2) is 0 Å². The van der Waals surface area contributed by atoms with Crippen molar-refractivity contribution in [3.05, 3.63) is 65.2 Å². The van der Waals surface area contributed by atoms with Gasteiger partial charge < -0.3 is 4.74 Å². The van der Waals surface area contributed by atoms with Crippen molar-refractivity contribution in [3.63, 3.8) is 0 Å². The van der Waals surface area contributed by atoms with Gasteiger partial charge in [-0.3, -0.25) is 0 Å². The zero-order chi connectivity index (χ0) is 12.3. The standard InChI is InChI=1S/C16H18O/c1-12-9-13(2)11-16(10-12)17-14(3)15-7-5-4-6-8-15/h4-11,14H,1-3H3. The normalized spacial score (nSPS) is 12.2. The third-order valence-electron chi connectivity index (χ3n) is 2.78. The maximum absolute atomic E-state index is 5.96. The highest BCUT2D eigenvalue weighted by Gasteiger charge is 2.06. The Kier molecular flexibility index (Phi) is 3.48. The maximum Gasteiger partial charge on any atom is 0.121 e. The summed E-state index contributed by atoms with van der Waals surface area (Å²) in [6.07, 6.45) is 0.0809. The minimum absolute atomic E-state index is 0.0809. The Labute approximate surface area is 103 Å². The van der Waals surface area contributed by atoms with Crippen molar-refractivity contribution in [2.75, 3.05) is 0 Å². The molecule has 0 saturated carbocycles. The fourth-order valence-corrected chi connectivity index (χ4v) is 2.00. The first-order chi connectivity index (χ1) is 8.15. The molecule has 0 bridgehead atoms. The highest BCUT2D eigenvalue weighted by Crippen LogP contribution is 2.23. The second-order valence-electron chi connectivity index (χ2n) is 4.49. The lowest BCUT2D eigenvalue weighted by molar-refractivity contribution is 0.226. The molecule has 0 saturated heterocycles. The van der Waals surface area contributed by atoms with E-state index in [-0.39, 0.29) is 6.10 Å². The van der Waals surface area contributed by atoms with Gasteiger partial charge in [0.05, 0.1) is 0 Å². The second-order valence-corrected chi connectivity index (χ2v) is 4.49. The van der Waals surface area contributed by atoms with Crippen molar-refractivity contribution in [1.29, 1.82) is 0 Å². The molecule has 88 valence electrons. The van der Waals surface area contributed by atoms with Gasteiger partial charge in [-0.15, -0.1) is 0 Å². The summed E-state index contributed by atoms with van der Waals surface area (Å²) >= 11 is 0. The molecule has 0 radical (unpaired) electrons. The molecule has 0 fully saturated rings. The first kappa shape index (κ1) is 11.7. The Morgan fingerprint density at radius 3 is 2.06 bits per heavy atom. The molecule has 0 aromatic heterocycles. The topological polar surface area (TPSA) is 9.23 Å². The second kappa shape index (κ2) is 5.05. The van der Waals surface area contributed by atoms with E-state index in [0.29, 0.717) is 0 Å². The molecule has 0 aliphatic heterocycles. The van der Waals surface area contributed by atoms with E-state index in [9.17, 15) is 0 Å². The van der Waals surface area contributed by atoms with Crippen LogP contribution in [-0.4, -0.2) is 0 Å². The molecule has 0 aliphatic carbocycles. The monoisotopic (exact) mass is 226 g/mol. The van der Waals surface area contributed by atoms with Crippen LogP contribution in [0.5, 0.6) is 5.75 Å². The first-order valence-corrected chi connectivity index (χ1v) is 5.95. The largest absolute Gasteiger partial charge is 0.486 e. The van der Waals surface area contributed by atoms with Crippen molar-refractivity contribution < 1.29 is 4.74 Å². The van der Waals surface area contributed by atoms with E-state index in [1.54, 1.807) is 0 Å². The lowest BCUT2D eigenvalue weighted by atomic mass is 10.1. The van der Waals surface area contributed by atoms with E-state index in [1.807, 2.05) is 18.2 Å². The summed E-state index contributed by atoms with van der Waals surface area (Å²) in [5.74, 6) is 0.943. The summed E-state index contributed by atoms with van der Waals surface area (Å²) in [7, 11) is 0. The Bertz CT molecular complexity index is 468. The zero-order valence-electron chi connectivity index (χ0n) is 10.6. The minimum atomic E-state index is 0.0809. The van der Waals surface area contributed by atoms with Crippen LogP contribution in [0.2, 0.25) is 0 Å². The van der Waals surface area contributed by atoms with E-state index in [2.05, 4.69) is 51.1 Å². The highest BCUT2D eigenvalue weighted by atomic mass is 16.5. The van der Waals surface area contributed by atoms with E-state index < -0.39 is 0 Å². The molecule has 0 N–H and O–H groups in total. The Morgan fingerprint density at radius 1 is 0.882 bits per heavy atom. The minimum Gasteiger partial charge on any atom is -0.486 e. The Balaban J connectivity index is 2.16. The van der Waals surface area contributed by atoms with Crippen LogP contribution >= 0.6 is 0 Å². The van der Waals surface area contributed by atoms with E-state index in [0.717, 1.165) is 5.75 Å². The number of hydrogen-bond acceptors (Lipinski definition) is 1. The van der Waals surface area contributed by atoms with E-state index in [4.69, 9.17) is 4.74 Å². The third kappa shape index (κ3) is 3.10. The number of aryl methyl sites for hydroxylation is 2. The molecule has 1 heteroatoms. The smallest absolute Gasteiger partial charge is 0.121 e. The van der Waals surface area contributed by atoms with E-state index >= 15 is 0 Å². The van der Waals surface area contributed by atoms with Gasteiger partial charge in [0.15, 0.2) is 0 Å². The third-order valence-corrected chi connectivity index (χ3v) is 2.78. The number of hydrogen-bond donors (Lipinski definition) is 0. The maximum atomic E-state index is 5.96. The van der Waals surface area contributed by atoms with Crippen LogP contribution in [0.3, 0.4) is 0 Å². The summed E-state index contributed by atoms with van der Waals surface area (Å²) < 4.78 is 5.96. The summed E-state index contributed by atoms with van der Waals surface area (Å²) in [6, 6.07) is 16.6. The molecule has 0 amide bonds. The number of ether oxygens (including phenoxy) is 1. The molecular formula is C16H18O. The molecule has 2 aromatic carbocycles. The van der Waals surface area contributed by atoms with Crippen LogP contribution in [-0.2, 0) is 0 Å². The predicted octanol–water partition coefficient (Wildman–Crippen LogP) is 4.44. The van der Waals surface area contributed by atoms with Gasteiger partial charge in [-0.1, -0.05) is 36.4 Å². The van der Waals surface area contributed by atoms with Crippen molar-refractivity contribution in [2.24, 2.45) is 0 Å². The summed E-state index contributed by atoms with van der Waals surface area (Å²) in [5.41, 5.74) is 3.67. The highest BCUT2D eigenvalue weighted by molar-refractivity contribution is 5.33. The molecule has 0 aliphatic rings. The van der Waals surface area contributed by atoms with Crippen LogP contribution in [0.25, 0.3) is 0 Å². The number of rotatable bonds is 3. The molecule has 1 atom stereocenters. The van der Waals surface area contributed by atoms with Gasteiger partial charge >= 0.3 is 0 Å². The van der Waals surface area contributed by atoms with Crippen LogP contribution in [0.15, 0.2) is 48.5 Å². The van der Waals surface area contributed by atoms with Gasteiger partial charge in [-0.05, 0) is 49.6 Å². The molecule has 1 unspecified atom stereocenters. The van der Waals surface area contributed by atoms with Crippen molar-refractivity contribution >= 4 is 0 Å². The average Bonchev–Trinajstić information content (AvgIpc) is 2.28. The van der Waals surface area contributed by atoms with Crippen LogP contribution in [0.1, 0.15) is 29.7 Å². The van der Waals surface area contributed by atoms with Gasteiger partial charge in [0.25, 0.3) is 0 Å². The van der Waals surface area contributed by atoms with Crippen LogP contribution < -0.4 is 4.74 Å². The van der Waals surface area contributed by atoms with Crippen LogP contribution in [0, 0.1) is 13.8 Å². The summed E-state index contributed by atoms with van der Waals surface area (Å²) in [5, 5.41) is 0. The zero-order valence-corrected chi connectivity index (χ0v) is 10.6. The Hall–Kier alpha value is -1.76. The Morgan fingerprint density at radius 2 is 1.47 bits per heavy atom. The molecule has 0 spiro atoms. The SMILES string of the molecule is Cc1cc(C)cc(OC(C)c2ccccc2)c1. The van der Waals surface area contributed by atoms with Crippen LogP contribution in [0.4, 0.5) is 0 Å². The predicted molar refractivity (Wildman–Crippen MR) is 71.4 cm³/mol. The molecule has 17 heavy (non-hydrogen) atoms. The quantitative estimate of drug-likeness (QED) is 0.751. The fraction of sp³-hybridized carbons (Fsp3) is 0.250. The van der Waals surface area contributed by atoms with Gasteiger partial charge in [0, 0.05) is 0 Å². The van der Waals surface area contributed by atoms with Gasteiger partial charge in [0.2, 0.25) is 0 Å². The summed E-state index contributed by atoms with van der Waals surface area (Å²) in [6.45, 7) is 6.26. The number of benzene rings is 2. The van der Waals surface area contributed by atoms with Gasteiger partial charge in [0.1, 0.15) is 11.9 Å². The van der Waals surface area contributed by atoms with Crippen molar-refractivity contribution in [3.8, 4) is 5.75 Å².